The molecule has 1 aliphatic carbocycles. The summed E-state index contributed by atoms with van der Waals surface area (Å²) >= 11 is 0. The maximum absolute atomic E-state index is 12.1. The van der Waals surface area contributed by atoms with Crippen LogP contribution in [0.15, 0.2) is 24.4 Å². The van der Waals surface area contributed by atoms with E-state index < -0.39 is 15.4 Å². The molecule has 0 N–H and O–H groups in total. The molecule has 1 saturated carbocycles. The lowest BCUT2D eigenvalue weighted by Crippen LogP contribution is -2.43. The van der Waals surface area contributed by atoms with Crippen molar-refractivity contribution in [3.05, 3.63) is 46.9 Å². The van der Waals surface area contributed by atoms with Gasteiger partial charge >= 0.3 is 0 Å². The molecule has 3 aromatic rings. The van der Waals surface area contributed by atoms with Gasteiger partial charge in [-0.05, 0) is 56.9 Å². The van der Waals surface area contributed by atoms with Crippen molar-refractivity contribution in [1.29, 1.82) is 0 Å². The Balaban J connectivity index is 1.27. The van der Waals surface area contributed by atoms with Crippen molar-refractivity contribution in [3.63, 3.8) is 0 Å². The number of ether oxygens (including phenoxy) is 2. The van der Waals surface area contributed by atoms with Gasteiger partial charge in [0.05, 0.1) is 41.5 Å². The molecule has 2 saturated heterocycles. The summed E-state index contributed by atoms with van der Waals surface area (Å²) < 4.78 is 37.8. The molecule has 3 fully saturated rings. The molecule has 1 aromatic carbocycles. The fourth-order valence-corrected chi connectivity index (χ4v) is 7.73. The van der Waals surface area contributed by atoms with Crippen molar-refractivity contribution in [2.24, 2.45) is 0 Å². The number of pyridine rings is 1. The van der Waals surface area contributed by atoms with Gasteiger partial charge in [-0.3, -0.25) is 4.98 Å². The lowest BCUT2D eigenvalue weighted by Gasteiger charge is -2.35. The summed E-state index contributed by atoms with van der Waals surface area (Å²) in [7, 11) is -2.98. The number of aryl methyl sites for hydroxylation is 1. The predicted octanol–water partition coefficient (Wildman–Crippen LogP) is 2.63. The maximum atomic E-state index is 12.1. The molecule has 1 atom stereocenters. The van der Waals surface area contributed by atoms with Gasteiger partial charge in [-0.1, -0.05) is 5.21 Å². The highest BCUT2D eigenvalue weighted by Gasteiger charge is 2.62. The average molecular weight is 441 g/mol. The van der Waals surface area contributed by atoms with E-state index in [1.54, 1.807) is 4.68 Å². The Morgan fingerprint density at radius 3 is 2.90 bits per heavy atom. The van der Waals surface area contributed by atoms with Gasteiger partial charge in [0.25, 0.3) is 0 Å². The zero-order chi connectivity index (χ0) is 21.4. The maximum Gasteiger partial charge on any atom is 0.155 e. The van der Waals surface area contributed by atoms with Gasteiger partial charge in [-0.15, -0.1) is 5.10 Å². The first-order valence-electron chi connectivity index (χ1n) is 10.7. The first-order valence-corrected chi connectivity index (χ1v) is 12.4. The third kappa shape index (κ3) is 2.90. The molecule has 0 spiro atoms. The Labute approximate surface area is 180 Å². The minimum Gasteiger partial charge on any atom is -0.484 e. The van der Waals surface area contributed by atoms with Crippen LogP contribution in [0, 0.1) is 6.92 Å². The van der Waals surface area contributed by atoms with Crippen LogP contribution in [0.1, 0.15) is 48.4 Å². The van der Waals surface area contributed by atoms with Crippen molar-refractivity contribution in [1.82, 2.24) is 20.0 Å². The number of nitrogens with zero attached hydrogens (tertiary/aromatic N) is 4. The normalized spacial score (nSPS) is 27.0. The highest BCUT2D eigenvalue weighted by atomic mass is 32.2. The fraction of sp³-hybridized carbons (Fsp3) is 0.500. The Morgan fingerprint density at radius 2 is 2.13 bits per heavy atom. The molecule has 9 heteroatoms. The third-order valence-corrected chi connectivity index (χ3v) is 9.33. The monoisotopic (exact) mass is 440 g/mol. The quantitative estimate of drug-likeness (QED) is 0.615. The third-order valence-electron chi connectivity index (χ3n) is 7.04. The standard InChI is InChI=1S/C22H24N4O4S/c1-13-19-11-29-6-5-17(19)18-7-15(3-4-20(18)23-13)30-14(2)21-10-26(25-24-21)22-8-16(9-22)31(27,28)12-22/h3-4,7,10,14,16H,5-6,8-9,11-12H2,1-2H3/t14-,16?,22?/m1/s1. The highest BCUT2D eigenvalue weighted by molar-refractivity contribution is 7.92. The van der Waals surface area contributed by atoms with E-state index in [4.69, 9.17) is 14.5 Å². The molecule has 8 nitrogen and oxygen atoms in total. The van der Waals surface area contributed by atoms with Crippen LogP contribution in [-0.2, 0) is 33.1 Å². The van der Waals surface area contributed by atoms with E-state index >= 15 is 0 Å². The Bertz CT molecular complexity index is 1310. The van der Waals surface area contributed by atoms with Crippen LogP contribution in [0.2, 0.25) is 0 Å². The van der Waals surface area contributed by atoms with Gasteiger partial charge in [-0.25, -0.2) is 13.1 Å². The van der Waals surface area contributed by atoms with Crippen molar-refractivity contribution < 1.29 is 17.9 Å². The van der Waals surface area contributed by atoms with Gasteiger partial charge in [0, 0.05) is 16.6 Å². The van der Waals surface area contributed by atoms with Crippen molar-refractivity contribution >= 4 is 20.7 Å². The van der Waals surface area contributed by atoms with E-state index in [0.29, 0.717) is 31.7 Å². The first kappa shape index (κ1) is 19.2. The summed E-state index contributed by atoms with van der Waals surface area (Å²) in [6, 6.07) is 5.97. The van der Waals surface area contributed by atoms with Gasteiger partial charge in [0.1, 0.15) is 17.5 Å². The molecule has 162 valence electrons. The molecule has 4 aliphatic rings. The smallest absolute Gasteiger partial charge is 0.155 e. The van der Waals surface area contributed by atoms with Gasteiger partial charge < -0.3 is 9.47 Å². The zero-order valence-electron chi connectivity index (χ0n) is 17.5. The van der Waals surface area contributed by atoms with Crippen LogP contribution in [0.3, 0.4) is 0 Å². The predicted molar refractivity (Wildman–Crippen MR) is 114 cm³/mol. The molecule has 2 aromatic heterocycles. The number of aromatic nitrogens is 4. The molecule has 0 amide bonds. The number of hydrogen-bond acceptors (Lipinski definition) is 7. The van der Waals surface area contributed by atoms with Crippen LogP contribution in [0.5, 0.6) is 5.75 Å². The second-order valence-electron chi connectivity index (χ2n) is 9.05. The van der Waals surface area contributed by atoms with Crippen LogP contribution in [0.25, 0.3) is 10.9 Å². The minimum atomic E-state index is -2.98. The van der Waals surface area contributed by atoms with Crippen LogP contribution in [-0.4, -0.2) is 46.0 Å². The molecule has 3 aliphatic heterocycles. The molecule has 5 heterocycles. The SMILES string of the molecule is Cc1nc2ccc(O[C@H](C)c3cn(C45CC(C4)S(=O)(=O)C5)nn3)cc2c2c1COCC2. The van der Waals surface area contributed by atoms with E-state index in [9.17, 15) is 8.42 Å². The first-order chi connectivity index (χ1) is 14.8. The van der Waals surface area contributed by atoms with E-state index in [1.165, 1.54) is 11.1 Å². The average Bonchev–Trinajstić information content (AvgIpc) is 3.38. The molecule has 0 unspecified atom stereocenters. The topological polar surface area (TPSA) is 96.2 Å². The van der Waals surface area contributed by atoms with E-state index in [0.717, 1.165) is 28.8 Å². The summed E-state index contributed by atoms with van der Waals surface area (Å²) in [6.45, 7) is 5.28. The van der Waals surface area contributed by atoms with Gasteiger partial charge in [-0.2, -0.15) is 0 Å². The Hall–Kier alpha value is -2.52. The Morgan fingerprint density at radius 1 is 1.29 bits per heavy atom. The second-order valence-corrected chi connectivity index (χ2v) is 11.3. The van der Waals surface area contributed by atoms with Crippen LogP contribution >= 0.6 is 0 Å². The number of hydrogen-bond donors (Lipinski definition) is 0. The summed E-state index contributed by atoms with van der Waals surface area (Å²) in [5.74, 6) is 0.911. The molecular weight excluding hydrogens is 416 g/mol. The summed E-state index contributed by atoms with van der Waals surface area (Å²) in [5.41, 5.74) is 4.73. The fourth-order valence-electron chi connectivity index (χ4n) is 5.25. The zero-order valence-corrected chi connectivity index (χ0v) is 18.4. The van der Waals surface area contributed by atoms with E-state index in [1.807, 2.05) is 38.2 Å². The second kappa shape index (κ2) is 6.49. The largest absolute Gasteiger partial charge is 0.484 e. The molecular formula is C22H24N4O4S. The summed E-state index contributed by atoms with van der Waals surface area (Å²) in [6.07, 6.45) is 3.68. The highest BCUT2D eigenvalue weighted by Crippen LogP contribution is 2.51. The van der Waals surface area contributed by atoms with Crippen molar-refractivity contribution in [2.75, 3.05) is 12.4 Å². The number of fused-ring (bicyclic) bond motifs is 4. The van der Waals surface area contributed by atoms with Crippen LogP contribution in [0.4, 0.5) is 0 Å². The number of sulfone groups is 1. The molecule has 0 radical (unpaired) electrons. The number of rotatable bonds is 4. The van der Waals surface area contributed by atoms with E-state index in [2.05, 4.69) is 10.3 Å². The summed E-state index contributed by atoms with van der Waals surface area (Å²) in [4.78, 5) is 4.73. The molecule has 2 bridgehead atoms. The van der Waals surface area contributed by atoms with Gasteiger partial charge in [0.15, 0.2) is 9.84 Å². The summed E-state index contributed by atoms with van der Waals surface area (Å²) in [5, 5.41) is 9.43. The minimum absolute atomic E-state index is 0.161. The van der Waals surface area contributed by atoms with Crippen LogP contribution < -0.4 is 4.74 Å². The van der Waals surface area contributed by atoms with Crippen molar-refractivity contribution in [2.45, 2.75) is 56.6 Å². The van der Waals surface area contributed by atoms with E-state index in [-0.39, 0.29) is 17.1 Å². The Kier molecular flexibility index (Phi) is 4.02. The van der Waals surface area contributed by atoms with Gasteiger partial charge in [0.2, 0.25) is 0 Å². The molecule has 31 heavy (non-hydrogen) atoms. The lowest BCUT2D eigenvalue weighted by molar-refractivity contribution is 0.110. The lowest BCUT2D eigenvalue weighted by atomic mass is 9.79. The molecule has 7 rings (SSSR count). The van der Waals surface area contributed by atoms with Crippen molar-refractivity contribution in [3.8, 4) is 5.75 Å². The number of benzene rings is 1.